The van der Waals surface area contributed by atoms with E-state index in [9.17, 15) is 4.79 Å². The Kier molecular flexibility index (Phi) is 3.94. The number of anilines is 1. The van der Waals surface area contributed by atoms with Gasteiger partial charge in [-0.3, -0.25) is 0 Å². The van der Waals surface area contributed by atoms with E-state index < -0.39 is 5.97 Å². The SMILES string of the molecule is Cc1cc(C(=O)O)ccc1NCC1CCSC1. The Morgan fingerprint density at radius 2 is 2.41 bits per heavy atom. The summed E-state index contributed by atoms with van der Waals surface area (Å²) in [6.45, 7) is 2.93. The predicted molar refractivity (Wildman–Crippen MR) is 72.1 cm³/mol. The van der Waals surface area contributed by atoms with Crippen LogP contribution in [0, 0.1) is 12.8 Å². The van der Waals surface area contributed by atoms with Gasteiger partial charge in [0.15, 0.2) is 0 Å². The van der Waals surface area contributed by atoms with Crippen LogP contribution in [0.4, 0.5) is 5.69 Å². The number of aryl methyl sites for hydroxylation is 1. The van der Waals surface area contributed by atoms with Crippen molar-refractivity contribution in [2.24, 2.45) is 5.92 Å². The number of hydrogen-bond donors (Lipinski definition) is 2. The summed E-state index contributed by atoms with van der Waals surface area (Å²) in [5.41, 5.74) is 2.40. The average Bonchev–Trinajstić information content (AvgIpc) is 2.80. The summed E-state index contributed by atoms with van der Waals surface area (Å²) in [4.78, 5) is 10.8. The second kappa shape index (κ2) is 5.45. The van der Waals surface area contributed by atoms with Gasteiger partial charge in [-0.15, -0.1) is 0 Å². The summed E-state index contributed by atoms with van der Waals surface area (Å²) in [7, 11) is 0. The summed E-state index contributed by atoms with van der Waals surface area (Å²) in [5.74, 6) is 2.38. The number of carboxylic acids is 1. The van der Waals surface area contributed by atoms with Crippen molar-refractivity contribution >= 4 is 23.4 Å². The maximum Gasteiger partial charge on any atom is 0.335 e. The molecule has 1 aliphatic rings. The lowest BCUT2D eigenvalue weighted by molar-refractivity contribution is 0.0697. The third-order valence-corrected chi connectivity index (χ3v) is 4.31. The zero-order valence-electron chi connectivity index (χ0n) is 9.90. The van der Waals surface area contributed by atoms with Gasteiger partial charge in [-0.1, -0.05) is 0 Å². The molecule has 1 atom stereocenters. The fourth-order valence-corrected chi connectivity index (χ4v) is 3.28. The lowest BCUT2D eigenvalue weighted by Gasteiger charge is -2.13. The number of carbonyl (C=O) groups is 1. The number of hydrogen-bond acceptors (Lipinski definition) is 3. The zero-order valence-corrected chi connectivity index (χ0v) is 10.7. The summed E-state index contributed by atoms with van der Waals surface area (Å²) in [6, 6.07) is 5.23. The molecule has 1 unspecified atom stereocenters. The summed E-state index contributed by atoms with van der Waals surface area (Å²) in [5, 5.41) is 12.3. The van der Waals surface area contributed by atoms with Gasteiger partial charge in [0.1, 0.15) is 0 Å². The molecule has 2 rings (SSSR count). The number of aromatic carboxylic acids is 1. The van der Waals surface area contributed by atoms with Crippen LogP contribution in [-0.2, 0) is 0 Å². The Morgan fingerprint density at radius 1 is 1.59 bits per heavy atom. The van der Waals surface area contributed by atoms with E-state index >= 15 is 0 Å². The number of carboxylic acid groups (broad SMARTS) is 1. The minimum Gasteiger partial charge on any atom is -0.478 e. The Morgan fingerprint density at radius 3 is 3.00 bits per heavy atom. The Labute approximate surface area is 106 Å². The van der Waals surface area contributed by atoms with Crippen LogP contribution >= 0.6 is 11.8 Å². The van der Waals surface area contributed by atoms with E-state index in [0.717, 1.165) is 23.7 Å². The predicted octanol–water partition coefficient (Wildman–Crippen LogP) is 2.86. The molecule has 1 fully saturated rings. The molecule has 0 amide bonds. The monoisotopic (exact) mass is 251 g/mol. The van der Waals surface area contributed by atoms with Crippen molar-refractivity contribution in [2.75, 3.05) is 23.4 Å². The largest absolute Gasteiger partial charge is 0.478 e. The van der Waals surface area contributed by atoms with E-state index in [1.54, 1.807) is 12.1 Å². The molecule has 1 aromatic rings. The van der Waals surface area contributed by atoms with Gasteiger partial charge >= 0.3 is 5.97 Å². The van der Waals surface area contributed by atoms with Crippen molar-refractivity contribution in [3.63, 3.8) is 0 Å². The van der Waals surface area contributed by atoms with Crippen LogP contribution in [0.25, 0.3) is 0 Å². The van der Waals surface area contributed by atoms with Crippen LogP contribution < -0.4 is 5.32 Å². The van der Waals surface area contributed by atoms with Crippen molar-refractivity contribution in [3.05, 3.63) is 29.3 Å². The maximum absolute atomic E-state index is 10.8. The highest BCUT2D eigenvalue weighted by atomic mass is 32.2. The summed E-state index contributed by atoms with van der Waals surface area (Å²) >= 11 is 2.01. The normalized spacial score (nSPS) is 19.2. The molecule has 0 aromatic heterocycles. The van der Waals surface area contributed by atoms with E-state index in [2.05, 4.69) is 5.32 Å². The first-order valence-corrected chi connectivity index (χ1v) is 6.98. The topological polar surface area (TPSA) is 49.3 Å². The van der Waals surface area contributed by atoms with Crippen molar-refractivity contribution in [1.29, 1.82) is 0 Å². The van der Waals surface area contributed by atoms with E-state index in [4.69, 9.17) is 5.11 Å². The molecule has 3 nitrogen and oxygen atoms in total. The Balaban J connectivity index is 1.98. The second-order valence-corrected chi connectivity index (χ2v) is 5.60. The van der Waals surface area contributed by atoms with Crippen molar-refractivity contribution in [2.45, 2.75) is 13.3 Å². The molecule has 17 heavy (non-hydrogen) atoms. The van der Waals surface area contributed by atoms with Crippen molar-refractivity contribution in [1.82, 2.24) is 0 Å². The molecule has 92 valence electrons. The van der Waals surface area contributed by atoms with Crippen LogP contribution in [0.2, 0.25) is 0 Å². The third-order valence-electron chi connectivity index (χ3n) is 3.08. The highest BCUT2D eigenvalue weighted by molar-refractivity contribution is 7.99. The van der Waals surface area contributed by atoms with Crippen LogP contribution in [0.5, 0.6) is 0 Å². The molecule has 0 bridgehead atoms. The first kappa shape index (κ1) is 12.3. The van der Waals surface area contributed by atoms with E-state index in [0.29, 0.717) is 5.56 Å². The number of thioether (sulfide) groups is 1. The molecule has 4 heteroatoms. The smallest absolute Gasteiger partial charge is 0.335 e. The molecule has 0 aliphatic carbocycles. The van der Waals surface area contributed by atoms with E-state index in [1.165, 1.54) is 17.9 Å². The minimum absolute atomic E-state index is 0.351. The summed E-state index contributed by atoms with van der Waals surface area (Å²) < 4.78 is 0. The lowest BCUT2D eigenvalue weighted by atomic mass is 10.1. The van der Waals surface area contributed by atoms with Gasteiger partial charge in [0.05, 0.1) is 5.56 Å². The molecule has 1 aromatic carbocycles. The van der Waals surface area contributed by atoms with Crippen LogP contribution in [0.3, 0.4) is 0 Å². The fraction of sp³-hybridized carbons (Fsp3) is 0.462. The van der Waals surface area contributed by atoms with Crippen LogP contribution in [-0.4, -0.2) is 29.1 Å². The highest BCUT2D eigenvalue weighted by Crippen LogP contribution is 2.24. The Hall–Kier alpha value is -1.16. The lowest BCUT2D eigenvalue weighted by Crippen LogP contribution is -2.14. The zero-order chi connectivity index (χ0) is 12.3. The van der Waals surface area contributed by atoms with Crippen molar-refractivity contribution in [3.8, 4) is 0 Å². The van der Waals surface area contributed by atoms with Gasteiger partial charge in [0.2, 0.25) is 0 Å². The van der Waals surface area contributed by atoms with Gasteiger partial charge < -0.3 is 10.4 Å². The van der Waals surface area contributed by atoms with Gasteiger partial charge in [-0.2, -0.15) is 11.8 Å². The molecule has 0 spiro atoms. The minimum atomic E-state index is -0.869. The molecule has 1 aliphatic heterocycles. The molecule has 2 N–H and O–H groups in total. The molecule has 1 heterocycles. The standard InChI is InChI=1S/C13H17NO2S/c1-9-6-11(13(15)16)2-3-12(9)14-7-10-4-5-17-8-10/h2-3,6,10,14H,4-5,7-8H2,1H3,(H,15,16). The van der Waals surface area contributed by atoms with Gasteiger partial charge in [-0.05, 0) is 54.5 Å². The molecule has 0 radical (unpaired) electrons. The van der Waals surface area contributed by atoms with Gasteiger partial charge in [-0.25, -0.2) is 4.79 Å². The fourth-order valence-electron chi connectivity index (χ4n) is 1.99. The Bertz CT molecular complexity index is 414. The third kappa shape index (κ3) is 3.16. The van der Waals surface area contributed by atoms with Crippen LogP contribution in [0.15, 0.2) is 18.2 Å². The second-order valence-electron chi connectivity index (χ2n) is 4.45. The van der Waals surface area contributed by atoms with E-state index in [-0.39, 0.29) is 0 Å². The van der Waals surface area contributed by atoms with Gasteiger partial charge in [0.25, 0.3) is 0 Å². The number of benzene rings is 1. The molecular formula is C13H17NO2S. The van der Waals surface area contributed by atoms with Crippen LogP contribution in [0.1, 0.15) is 22.3 Å². The van der Waals surface area contributed by atoms with E-state index in [1.807, 2.05) is 24.8 Å². The molecular weight excluding hydrogens is 234 g/mol. The highest BCUT2D eigenvalue weighted by Gasteiger charge is 2.15. The van der Waals surface area contributed by atoms with Gasteiger partial charge in [0, 0.05) is 12.2 Å². The first-order valence-electron chi connectivity index (χ1n) is 5.82. The molecule has 1 saturated heterocycles. The number of rotatable bonds is 4. The molecule has 0 saturated carbocycles. The maximum atomic E-state index is 10.8. The summed E-state index contributed by atoms with van der Waals surface area (Å²) in [6.07, 6.45) is 1.28. The quantitative estimate of drug-likeness (QED) is 0.864. The average molecular weight is 251 g/mol. The van der Waals surface area contributed by atoms with Crippen molar-refractivity contribution < 1.29 is 9.90 Å². The first-order chi connectivity index (χ1) is 8.16. The number of nitrogens with one attached hydrogen (secondary N) is 1.